The van der Waals surface area contributed by atoms with E-state index >= 15 is 0 Å². The van der Waals surface area contributed by atoms with Gasteiger partial charge in [-0.25, -0.2) is 22.4 Å². The second kappa shape index (κ2) is 6.17. The molecule has 8 heteroatoms. The molecule has 0 spiro atoms. The van der Waals surface area contributed by atoms with Crippen LogP contribution in [0.1, 0.15) is 24.6 Å². The van der Waals surface area contributed by atoms with E-state index in [9.17, 15) is 8.42 Å². The molecule has 5 rings (SSSR count). The van der Waals surface area contributed by atoms with Gasteiger partial charge in [0.25, 0.3) is 10.0 Å². The van der Waals surface area contributed by atoms with Crippen molar-refractivity contribution in [1.82, 2.24) is 18.9 Å². The van der Waals surface area contributed by atoms with Crippen molar-refractivity contribution in [2.75, 3.05) is 13.2 Å². The van der Waals surface area contributed by atoms with Crippen LogP contribution in [-0.4, -0.2) is 40.6 Å². The Labute approximate surface area is 156 Å². The SMILES string of the molecule is O=S(=O)(c1ccccc1)n1ccc2c3[nH]c(C4CCOCC4)nc3cnc21. The van der Waals surface area contributed by atoms with Gasteiger partial charge in [0.2, 0.25) is 0 Å². The smallest absolute Gasteiger partial charge is 0.269 e. The summed E-state index contributed by atoms with van der Waals surface area (Å²) in [6.07, 6.45) is 5.04. The summed E-state index contributed by atoms with van der Waals surface area (Å²) in [4.78, 5) is 12.7. The highest BCUT2D eigenvalue weighted by atomic mass is 32.2. The zero-order chi connectivity index (χ0) is 18.4. The molecule has 1 aliphatic rings. The second-order valence-corrected chi connectivity index (χ2v) is 8.51. The number of hydrogen-bond donors (Lipinski definition) is 1. The Morgan fingerprint density at radius 3 is 2.67 bits per heavy atom. The minimum Gasteiger partial charge on any atom is -0.381 e. The van der Waals surface area contributed by atoms with Gasteiger partial charge in [0, 0.05) is 30.7 Å². The largest absolute Gasteiger partial charge is 0.381 e. The number of nitrogens with one attached hydrogen (secondary N) is 1. The molecule has 1 aliphatic heterocycles. The summed E-state index contributed by atoms with van der Waals surface area (Å²) in [6.45, 7) is 1.47. The van der Waals surface area contributed by atoms with E-state index in [1.807, 2.05) is 0 Å². The van der Waals surface area contributed by atoms with Crippen molar-refractivity contribution in [3.8, 4) is 0 Å². The van der Waals surface area contributed by atoms with Crippen molar-refractivity contribution in [1.29, 1.82) is 0 Å². The Morgan fingerprint density at radius 2 is 1.89 bits per heavy atom. The van der Waals surface area contributed by atoms with Crippen LogP contribution in [0.25, 0.3) is 22.1 Å². The quantitative estimate of drug-likeness (QED) is 0.588. The third kappa shape index (κ3) is 2.64. The Hall–Kier alpha value is -2.71. The van der Waals surface area contributed by atoms with Gasteiger partial charge in [-0.1, -0.05) is 18.2 Å². The maximum absolute atomic E-state index is 13.0. The van der Waals surface area contributed by atoms with Crippen molar-refractivity contribution in [2.24, 2.45) is 0 Å². The lowest BCUT2D eigenvalue weighted by Crippen LogP contribution is -2.15. The van der Waals surface area contributed by atoms with E-state index in [0.717, 1.165) is 48.3 Å². The van der Waals surface area contributed by atoms with E-state index in [1.54, 1.807) is 48.8 Å². The molecule has 0 unspecified atom stereocenters. The molecular weight excluding hydrogens is 364 g/mol. The van der Waals surface area contributed by atoms with Crippen LogP contribution in [0.5, 0.6) is 0 Å². The molecule has 1 aromatic carbocycles. The topological polar surface area (TPSA) is 89.9 Å². The zero-order valence-corrected chi connectivity index (χ0v) is 15.3. The molecule has 0 amide bonds. The third-order valence-electron chi connectivity index (χ3n) is 5.06. The van der Waals surface area contributed by atoms with Crippen LogP contribution in [0.15, 0.2) is 53.7 Å². The number of nitrogens with zero attached hydrogens (tertiary/aromatic N) is 3. The van der Waals surface area contributed by atoms with Crippen LogP contribution in [0.4, 0.5) is 0 Å². The van der Waals surface area contributed by atoms with Gasteiger partial charge in [0.05, 0.1) is 16.6 Å². The van der Waals surface area contributed by atoms with Crippen LogP contribution in [0.2, 0.25) is 0 Å². The third-order valence-corrected chi connectivity index (χ3v) is 6.74. The van der Waals surface area contributed by atoms with E-state index in [2.05, 4.69) is 15.0 Å². The Bertz CT molecular complexity index is 1220. The molecule has 1 fully saturated rings. The molecule has 0 radical (unpaired) electrons. The molecule has 7 nitrogen and oxygen atoms in total. The number of fused-ring (bicyclic) bond motifs is 3. The lowest BCUT2D eigenvalue weighted by Gasteiger charge is -2.19. The van der Waals surface area contributed by atoms with Gasteiger partial charge in [-0.15, -0.1) is 0 Å². The van der Waals surface area contributed by atoms with Gasteiger partial charge in [-0.2, -0.15) is 0 Å². The lowest BCUT2D eigenvalue weighted by atomic mass is 10.00. The van der Waals surface area contributed by atoms with Crippen molar-refractivity contribution in [3.63, 3.8) is 0 Å². The van der Waals surface area contributed by atoms with Gasteiger partial charge in [0.1, 0.15) is 11.3 Å². The molecule has 1 saturated heterocycles. The number of pyridine rings is 1. The first kappa shape index (κ1) is 16.5. The molecule has 3 aromatic heterocycles. The van der Waals surface area contributed by atoms with Crippen LogP contribution < -0.4 is 0 Å². The fourth-order valence-electron chi connectivity index (χ4n) is 3.62. The summed E-state index contributed by atoms with van der Waals surface area (Å²) < 4.78 is 32.6. The number of hydrogen-bond acceptors (Lipinski definition) is 5. The van der Waals surface area contributed by atoms with Crippen molar-refractivity contribution in [2.45, 2.75) is 23.7 Å². The predicted molar refractivity (Wildman–Crippen MR) is 101 cm³/mol. The van der Waals surface area contributed by atoms with E-state index in [0.29, 0.717) is 11.6 Å². The molecule has 0 saturated carbocycles. The number of aromatic amines is 1. The summed E-state index contributed by atoms with van der Waals surface area (Å²) in [6, 6.07) is 10.1. The Balaban J connectivity index is 1.65. The zero-order valence-electron chi connectivity index (χ0n) is 14.5. The summed E-state index contributed by atoms with van der Waals surface area (Å²) in [5, 5.41) is 0.748. The molecule has 4 heterocycles. The molecule has 27 heavy (non-hydrogen) atoms. The average molecular weight is 382 g/mol. The van der Waals surface area contributed by atoms with Gasteiger partial charge in [-0.05, 0) is 31.0 Å². The first-order valence-electron chi connectivity index (χ1n) is 8.88. The maximum Gasteiger partial charge on any atom is 0.269 e. The van der Waals surface area contributed by atoms with Crippen LogP contribution >= 0.6 is 0 Å². The van der Waals surface area contributed by atoms with Crippen molar-refractivity contribution < 1.29 is 13.2 Å². The van der Waals surface area contributed by atoms with E-state index in [1.165, 1.54) is 3.97 Å². The fourth-order valence-corrected chi connectivity index (χ4v) is 4.94. The van der Waals surface area contributed by atoms with Crippen LogP contribution in [0.3, 0.4) is 0 Å². The normalized spacial score (nSPS) is 16.3. The van der Waals surface area contributed by atoms with Crippen molar-refractivity contribution in [3.05, 3.63) is 54.6 Å². The van der Waals surface area contributed by atoms with E-state index < -0.39 is 10.0 Å². The molecule has 4 aromatic rings. The number of ether oxygens (including phenoxy) is 1. The number of H-pyrrole nitrogens is 1. The van der Waals surface area contributed by atoms with Crippen molar-refractivity contribution >= 4 is 32.1 Å². The second-order valence-electron chi connectivity index (χ2n) is 6.69. The monoisotopic (exact) mass is 382 g/mol. The highest BCUT2D eigenvalue weighted by molar-refractivity contribution is 7.90. The van der Waals surface area contributed by atoms with E-state index in [4.69, 9.17) is 4.74 Å². The van der Waals surface area contributed by atoms with Crippen LogP contribution in [0, 0.1) is 0 Å². The average Bonchev–Trinajstić information content (AvgIpc) is 3.33. The predicted octanol–water partition coefficient (Wildman–Crippen LogP) is 3.04. The molecule has 0 atom stereocenters. The highest BCUT2D eigenvalue weighted by Gasteiger charge is 2.23. The summed E-state index contributed by atoms with van der Waals surface area (Å²) in [7, 11) is -3.70. The van der Waals surface area contributed by atoms with Gasteiger partial charge in [-0.3, -0.25) is 0 Å². The first-order valence-corrected chi connectivity index (χ1v) is 10.3. The lowest BCUT2D eigenvalue weighted by molar-refractivity contribution is 0.0838. The Morgan fingerprint density at radius 1 is 1.11 bits per heavy atom. The first-order chi connectivity index (χ1) is 13.1. The molecule has 1 N–H and O–H groups in total. The number of aromatic nitrogens is 4. The molecule has 0 aliphatic carbocycles. The molecule has 138 valence electrons. The minimum absolute atomic E-state index is 0.233. The summed E-state index contributed by atoms with van der Waals surface area (Å²) in [5.41, 5.74) is 1.97. The van der Waals surface area contributed by atoms with Gasteiger partial charge in [0.15, 0.2) is 5.65 Å². The summed E-state index contributed by atoms with van der Waals surface area (Å²) in [5.74, 6) is 1.25. The highest BCUT2D eigenvalue weighted by Crippen LogP contribution is 2.30. The molecule has 0 bridgehead atoms. The van der Waals surface area contributed by atoms with E-state index in [-0.39, 0.29) is 4.90 Å². The standard InChI is InChI=1S/C19H18N4O3S/c24-27(25,14-4-2-1-3-5-14)23-9-6-15-17-16(12-20-19(15)23)21-18(22-17)13-7-10-26-11-8-13/h1-6,9,12-13H,7-8,10-11H2,(H,21,22). The van der Waals surface area contributed by atoms with Crippen LogP contribution in [-0.2, 0) is 14.8 Å². The summed E-state index contributed by atoms with van der Waals surface area (Å²) >= 11 is 0. The maximum atomic E-state index is 13.0. The van der Waals surface area contributed by atoms with Gasteiger partial charge < -0.3 is 9.72 Å². The minimum atomic E-state index is -3.70. The number of rotatable bonds is 3. The number of benzene rings is 1. The molecular formula is C19H18N4O3S. The fraction of sp³-hybridized carbons (Fsp3) is 0.263. The number of imidazole rings is 1. The van der Waals surface area contributed by atoms with Gasteiger partial charge >= 0.3 is 0 Å². The Kier molecular flexibility index (Phi) is 3.76.